The van der Waals surface area contributed by atoms with Crippen molar-refractivity contribution in [2.75, 3.05) is 13.3 Å². The molecule has 4 atom stereocenters. The molecule has 94 valence electrons. The number of hydrogen-bond acceptors (Lipinski definition) is 6. The lowest BCUT2D eigenvalue weighted by Crippen LogP contribution is -2.46. The van der Waals surface area contributed by atoms with Crippen molar-refractivity contribution in [1.29, 1.82) is 0 Å². The van der Waals surface area contributed by atoms with Crippen LogP contribution >= 0.6 is 11.8 Å². The van der Waals surface area contributed by atoms with E-state index in [0.29, 0.717) is 0 Å². The Morgan fingerprint density at radius 2 is 2.25 bits per heavy atom. The molecule has 8 heteroatoms. The van der Waals surface area contributed by atoms with Crippen LogP contribution < -0.4 is 5.48 Å². The lowest BCUT2D eigenvalue weighted by Gasteiger charge is -2.34. The Bertz CT molecular complexity index is 244. The molecule has 0 aromatic rings. The van der Waals surface area contributed by atoms with Gasteiger partial charge in [0.2, 0.25) is 0 Å². The molecular weight excluding hydrogens is 241 g/mol. The Morgan fingerprint density at radius 1 is 1.56 bits per heavy atom. The van der Waals surface area contributed by atoms with Crippen molar-refractivity contribution < 1.29 is 29.3 Å². The van der Waals surface area contributed by atoms with Gasteiger partial charge in [-0.1, -0.05) is 0 Å². The molecule has 6 nitrogen and oxygen atoms in total. The third kappa shape index (κ3) is 3.56. The van der Waals surface area contributed by atoms with E-state index in [0.717, 1.165) is 11.8 Å². The standard InChI is InChI=1S/C8H14FNO5S/c9-2-6(13)10-15-7-1-4(12)8(14)5(3-11)16-7/h4-5,7-8,11-12,14H,1-3H2,(H,10,13)/t4-,5-,7?,8+/m0/s1. The van der Waals surface area contributed by atoms with Crippen LogP contribution in [-0.2, 0) is 9.63 Å². The molecule has 1 fully saturated rings. The van der Waals surface area contributed by atoms with E-state index >= 15 is 0 Å². The van der Waals surface area contributed by atoms with Crippen LogP contribution in [0.2, 0.25) is 0 Å². The van der Waals surface area contributed by atoms with Crippen molar-refractivity contribution in [2.24, 2.45) is 0 Å². The summed E-state index contributed by atoms with van der Waals surface area (Å²) >= 11 is 1.08. The lowest BCUT2D eigenvalue weighted by atomic mass is 10.1. The number of aliphatic hydroxyl groups excluding tert-OH is 3. The number of halogens is 1. The molecule has 1 saturated heterocycles. The van der Waals surface area contributed by atoms with Gasteiger partial charge >= 0.3 is 0 Å². The molecule has 0 spiro atoms. The van der Waals surface area contributed by atoms with Gasteiger partial charge in [0.15, 0.2) is 6.67 Å². The van der Waals surface area contributed by atoms with Gasteiger partial charge in [0.05, 0.1) is 24.1 Å². The van der Waals surface area contributed by atoms with E-state index in [2.05, 4.69) is 0 Å². The molecule has 1 aliphatic rings. The number of carbonyl (C=O) groups is 1. The van der Waals surface area contributed by atoms with E-state index < -0.39 is 35.5 Å². The average molecular weight is 255 g/mol. The second-order valence-electron chi connectivity index (χ2n) is 3.36. The Balaban J connectivity index is 2.41. The third-order valence-corrected chi connectivity index (χ3v) is 3.51. The zero-order valence-corrected chi connectivity index (χ0v) is 9.19. The second kappa shape index (κ2) is 6.36. The highest BCUT2D eigenvalue weighted by Crippen LogP contribution is 2.32. The summed E-state index contributed by atoms with van der Waals surface area (Å²) in [6, 6.07) is 0. The van der Waals surface area contributed by atoms with Gasteiger partial charge in [-0.05, 0) is 0 Å². The zero-order valence-electron chi connectivity index (χ0n) is 8.38. The minimum absolute atomic E-state index is 0.0922. The molecule has 0 aromatic heterocycles. The van der Waals surface area contributed by atoms with Crippen LogP contribution in [0.5, 0.6) is 0 Å². The zero-order chi connectivity index (χ0) is 12.1. The van der Waals surface area contributed by atoms with Crippen LogP contribution in [0.1, 0.15) is 6.42 Å². The van der Waals surface area contributed by atoms with E-state index in [-0.39, 0.29) is 13.0 Å². The van der Waals surface area contributed by atoms with E-state index in [4.69, 9.17) is 9.94 Å². The molecule has 1 heterocycles. The molecule has 1 rings (SSSR count). The summed E-state index contributed by atoms with van der Waals surface area (Å²) in [5.41, 5.74) is 1.25. The Labute approximate surface area is 95.7 Å². The fourth-order valence-corrected chi connectivity index (χ4v) is 2.53. The fraction of sp³-hybridized carbons (Fsp3) is 0.875. The Kier molecular flexibility index (Phi) is 5.42. The van der Waals surface area contributed by atoms with Gasteiger partial charge in [0.1, 0.15) is 5.44 Å². The highest BCUT2D eigenvalue weighted by molar-refractivity contribution is 8.00. The molecule has 1 unspecified atom stereocenters. The minimum atomic E-state index is -1.19. The van der Waals surface area contributed by atoms with Crippen LogP contribution in [0.15, 0.2) is 0 Å². The molecule has 4 N–H and O–H groups in total. The maximum Gasteiger partial charge on any atom is 0.274 e. The topological polar surface area (TPSA) is 99.0 Å². The maximum absolute atomic E-state index is 11.8. The first-order valence-corrected chi connectivity index (χ1v) is 5.65. The highest BCUT2D eigenvalue weighted by atomic mass is 32.2. The first-order valence-electron chi connectivity index (χ1n) is 4.71. The molecule has 1 aliphatic heterocycles. The third-order valence-electron chi connectivity index (χ3n) is 2.14. The summed E-state index contributed by atoms with van der Waals surface area (Å²) in [7, 11) is 0. The van der Waals surface area contributed by atoms with Crippen LogP contribution in [0, 0.1) is 0 Å². The van der Waals surface area contributed by atoms with E-state index in [1.807, 2.05) is 5.48 Å². The van der Waals surface area contributed by atoms with Crippen molar-refractivity contribution in [2.45, 2.75) is 29.3 Å². The van der Waals surface area contributed by atoms with Gasteiger partial charge in [-0.3, -0.25) is 9.63 Å². The van der Waals surface area contributed by atoms with E-state index in [1.54, 1.807) is 0 Å². The summed E-state index contributed by atoms with van der Waals surface area (Å²) in [6.45, 7) is -1.51. The quantitative estimate of drug-likeness (QED) is 0.459. The molecule has 0 aromatic carbocycles. The molecule has 1 amide bonds. The Hall–Kier alpha value is -0.410. The number of rotatable bonds is 4. The van der Waals surface area contributed by atoms with Crippen molar-refractivity contribution in [1.82, 2.24) is 5.48 Å². The fourth-order valence-electron chi connectivity index (χ4n) is 1.30. The summed E-state index contributed by atoms with van der Waals surface area (Å²) in [4.78, 5) is 15.4. The molecule has 0 aliphatic carbocycles. The maximum atomic E-state index is 11.8. The molecular formula is C8H14FNO5S. The average Bonchev–Trinajstić information content (AvgIpc) is 2.29. The summed E-state index contributed by atoms with van der Waals surface area (Å²) < 4.78 is 11.8. The van der Waals surface area contributed by atoms with Crippen molar-refractivity contribution >= 4 is 17.7 Å². The predicted octanol–water partition coefficient (Wildman–Crippen LogP) is -1.45. The van der Waals surface area contributed by atoms with Gasteiger partial charge in [0.25, 0.3) is 5.91 Å². The van der Waals surface area contributed by atoms with E-state index in [9.17, 15) is 19.4 Å². The van der Waals surface area contributed by atoms with Gasteiger partial charge in [-0.25, -0.2) is 9.87 Å². The van der Waals surface area contributed by atoms with Crippen LogP contribution in [0.4, 0.5) is 4.39 Å². The number of thioether (sulfide) groups is 1. The van der Waals surface area contributed by atoms with Crippen molar-refractivity contribution in [3.05, 3.63) is 0 Å². The van der Waals surface area contributed by atoms with E-state index in [1.165, 1.54) is 0 Å². The Morgan fingerprint density at radius 3 is 2.81 bits per heavy atom. The monoisotopic (exact) mass is 255 g/mol. The number of aliphatic hydroxyl groups is 3. The number of alkyl halides is 1. The summed E-state index contributed by atoms with van der Waals surface area (Å²) in [6.07, 6.45) is -1.98. The summed E-state index contributed by atoms with van der Waals surface area (Å²) in [5, 5.41) is 27.2. The minimum Gasteiger partial charge on any atom is -0.395 e. The van der Waals surface area contributed by atoms with Crippen LogP contribution in [-0.4, -0.2) is 57.4 Å². The second-order valence-corrected chi connectivity index (χ2v) is 4.76. The highest BCUT2D eigenvalue weighted by Gasteiger charge is 2.37. The molecule has 0 bridgehead atoms. The normalized spacial score (nSPS) is 34.8. The predicted molar refractivity (Wildman–Crippen MR) is 54.1 cm³/mol. The number of hydrogen-bond donors (Lipinski definition) is 4. The van der Waals surface area contributed by atoms with Crippen molar-refractivity contribution in [3.63, 3.8) is 0 Å². The first-order chi connectivity index (χ1) is 7.58. The van der Waals surface area contributed by atoms with Crippen molar-refractivity contribution in [3.8, 4) is 0 Å². The molecule has 0 saturated carbocycles. The first kappa shape index (κ1) is 13.7. The number of amides is 1. The number of nitrogens with one attached hydrogen (secondary N) is 1. The lowest BCUT2D eigenvalue weighted by molar-refractivity contribution is -0.137. The SMILES string of the molecule is O=C(CF)NOC1C[C@H](O)[C@@H](O)[C@H](CO)S1. The van der Waals surface area contributed by atoms with Gasteiger partial charge in [-0.15, -0.1) is 11.8 Å². The smallest absolute Gasteiger partial charge is 0.274 e. The largest absolute Gasteiger partial charge is 0.395 e. The van der Waals surface area contributed by atoms with Crippen LogP contribution in [0.25, 0.3) is 0 Å². The van der Waals surface area contributed by atoms with Crippen LogP contribution in [0.3, 0.4) is 0 Å². The summed E-state index contributed by atoms with van der Waals surface area (Å²) in [5.74, 6) is -0.915. The number of carbonyl (C=O) groups excluding carboxylic acids is 1. The molecule has 16 heavy (non-hydrogen) atoms. The van der Waals surface area contributed by atoms with Gasteiger partial charge < -0.3 is 15.3 Å². The molecule has 0 radical (unpaired) electrons. The van der Waals surface area contributed by atoms with Gasteiger partial charge in [-0.2, -0.15) is 0 Å². The van der Waals surface area contributed by atoms with Gasteiger partial charge in [0, 0.05) is 6.42 Å². The number of hydroxylamine groups is 1.